The normalized spacial score (nSPS) is 19.8. The molecule has 0 bridgehead atoms. The lowest BCUT2D eigenvalue weighted by Gasteiger charge is -2.22. The van der Waals surface area contributed by atoms with Crippen molar-refractivity contribution < 1.29 is 9.59 Å². The molecule has 0 aromatic rings. The summed E-state index contributed by atoms with van der Waals surface area (Å²) in [5.74, 6) is -0.121. The van der Waals surface area contributed by atoms with Crippen LogP contribution in [0.3, 0.4) is 0 Å². The Morgan fingerprint density at radius 3 is 2.44 bits per heavy atom. The SMILES string of the molecule is CC.CNC(C)C(=O)NCC(=O)N1CCCC1C. The van der Waals surface area contributed by atoms with Crippen molar-refractivity contribution in [2.45, 2.75) is 52.6 Å². The fourth-order valence-electron chi connectivity index (χ4n) is 1.85. The summed E-state index contributed by atoms with van der Waals surface area (Å²) in [5, 5.41) is 5.47. The van der Waals surface area contributed by atoms with E-state index in [0.29, 0.717) is 6.04 Å². The maximum absolute atomic E-state index is 11.8. The molecule has 1 aliphatic heterocycles. The van der Waals surface area contributed by atoms with E-state index >= 15 is 0 Å². The minimum Gasteiger partial charge on any atom is -0.346 e. The molecule has 0 radical (unpaired) electrons. The number of carbonyl (C=O) groups excluding carboxylic acids is 2. The highest BCUT2D eigenvalue weighted by Crippen LogP contribution is 2.15. The Bertz CT molecular complexity index is 269. The summed E-state index contributed by atoms with van der Waals surface area (Å²) in [6, 6.07) is 0.0509. The molecule has 0 aliphatic carbocycles. The first-order chi connectivity index (χ1) is 8.56. The van der Waals surface area contributed by atoms with Gasteiger partial charge in [-0.25, -0.2) is 0 Å². The number of nitrogens with one attached hydrogen (secondary N) is 2. The highest BCUT2D eigenvalue weighted by molar-refractivity contribution is 5.87. The van der Waals surface area contributed by atoms with Crippen LogP contribution in [-0.4, -0.2) is 48.9 Å². The lowest BCUT2D eigenvalue weighted by molar-refractivity contribution is -0.133. The second-order valence-corrected chi connectivity index (χ2v) is 4.31. The van der Waals surface area contributed by atoms with Gasteiger partial charge in [0.05, 0.1) is 12.6 Å². The lowest BCUT2D eigenvalue weighted by atomic mass is 10.2. The number of hydrogen-bond donors (Lipinski definition) is 2. The smallest absolute Gasteiger partial charge is 0.242 e. The van der Waals surface area contributed by atoms with E-state index in [0.717, 1.165) is 19.4 Å². The van der Waals surface area contributed by atoms with Crippen LogP contribution in [0.4, 0.5) is 0 Å². The first-order valence-electron chi connectivity index (χ1n) is 6.80. The average molecular weight is 257 g/mol. The van der Waals surface area contributed by atoms with E-state index in [2.05, 4.69) is 10.6 Å². The molecular formula is C13H27N3O2. The van der Waals surface area contributed by atoms with E-state index in [-0.39, 0.29) is 24.4 Å². The van der Waals surface area contributed by atoms with Crippen LogP contribution in [0.2, 0.25) is 0 Å². The van der Waals surface area contributed by atoms with E-state index in [9.17, 15) is 9.59 Å². The number of nitrogens with zero attached hydrogens (tertiary/aromatic N) is 1. The van der Waals surface area contributed by atoms with Crippen molar-refractivity contribution in [1.29, 1.82) is 0 Å². The molecule has 0 saturated carbocycles. The zero-order chi connectivity index (χ0) is 14.1. The minimum atomic E-state index is -0.260. The van der Waals surface area contributed by atoms with Crippen molar-refractivity contribution in [3.8, 4) is 0 Å². The highest BCUT2D eigenvalue weighted by atomic mass is 16.2. The standard InChI is InChI=1S/C11H21N3O2.C2H6/c1-8-5-4-6-14(8)10(15)7-13-11(16)9(2)12-3;1-2/h8-9,12H,4-7H2,1-3H3,(H,13,16);1-2H3. The Hall–Kier alpha value is -1.10. The van der Waals surface area contributed by atoms with Gasteiger partial charge in [0.15, 0.2) is 0 Å². The van der Waals surface area contributed by atoms with Gasteiger partial charge in [0, 0.05) is 12.6 Å². The summed E-state index contributed by atoms with van der Waals surface area (Å²) in [6.07, 6.45) is 2.13. The van der Waals surface area contributed by atoms with Gasteiger partial charge in [-0.05, 0) is 33.7 Å². The molecule has 1 rings (SSSR count). The quantitative estimate of drug-likeness (QED) is 0.781. The molecule has 1 fully saturated rings. The van der Waals surface area contributed by atoms with Crippen LogP contribution in [-0.2, 0) is 9.59 Å². The van der Waals surface area contributed by atoms with Gasteiger partial charge in [0.1, 0.15) is 0 Å². The van der Waals surface area contributed by atoms with Gasteiger partial charge in [0.2, 0.25) is 11.8 Å². The molecule has 106 valence electrons. The summed E-state index contributed by atoms with van der Waals surface area (Å²) < 4.78 is 0. The predicted octanol–water partition coefficient (Wildman–Crippen LogP) is 0.748. The first kappa shape index (κ1) is 16.9. The van der Waals surface area contributed by atoms with Crippen LogP contribution in [0, 0.1) is 0 Å². The number of rotatable bonds is 4. The Balaban J connectivity index is 0.00000137. The van der Waals surface area contributed by atoms with Crippen LogP contribution in [0.5, 0.6) is 0 Å². The van der Waals surface area contributed by atoms with Crippen molar-refractivity contribution in [2.75, 3.05) is 20.1 Å². The van der Waals surface area contributed by atoms with Crippen molar-refractivity contribution in [2.24, 2.45) is 0 Å². The van der Waals surface area contributed by atoms with Crippen LogP contribution in [0.15, 0.2) is 0 Å². The maximum atomic E-state index is 11.8. The van der Waals surface area contributed by atoms with Crippen molar-refractivity contribution in [1.82, 2.24) is 15.5 Å². The lowest BCUT2D eigenvalue weighted by Crippen LogP contribution is -2.46. The predicted molar refractivity (Wildman–Crippen MR) is 73.3 cm³/mol. The molecule has 2 unspecified atom stereocenters. The van der Waals surface area contributed by atoms with E-state index in [1.165, 1.54) is 0 Å². The van der Waals surface area contributed by atoms with E-state index in [4.69, 9.17) is 0 Å². The largest absolute Gasteiger partial charge is 0.346 e. The molecule has 5 nitrogen and oxygen atoms in total. The second kappa shape index (κ2) is 8.91. The third kappa shape index (κ3) is 5.04. The topological polar surface area (TPSA) is 61.4 Å². The molecule has 2 atom stereocenters. The Morgan fingerprint density at radius 1 is 1.39 bits per heavy atom. The fraction of sp³-hybridized carbons (Fsp3) is 0.846. The zero-order valence-corrected chi connectivity index (χ0v) is 12.2. The fourth-order valence-corrected chi connectivity index (χ4v) is 1.85. The van der Waals surface area contributed by atoms with Crippen LogP contribution in [0.25, 0.3) is 0 Å². The van der Waals surface area contributed by atoms with Gasteiger partial charge in [-0.2, -0.15) is 0 Å². The molecule has 1 aliphatic rings. The van der Waals surface area contributed by atoms with Crippen molar-refractivity contribution >= 4 is 11.8 Å². The number of likely N-dealkylation sites (tertiary alicyclic amines) is 1. The summed E-state index contributed by atoms with van der Waals surface area (Å²) in [5.41, 5.74) is 0. The zero-order valence-electron chi connectivity index (χ0n) is 12.2. The Labute approximate surface area is 110 Å². The molecule has 0 aromatic heterocycles. The monoisotopic (exact) mass is 257 g/mol. The van der Waals surface area contributed by atoms with Gasteiger partial charge >= 0.3 is 0 Å². The number of hydrogen-bond acceptors (Lipinski definition) is 3. The van der Waals surface area contributed by atoms with E-state index in [1.54, 1.807) is 14.0 Å². The van der Waals surface area contributed by atoms with Gasteiger partial charge in [-0.3, -0.25) is 9.59 Å². The first-order valence-corrected chi connectivity index (χ1v) is 6.80. The summed E-state index contributed by atoms with van der Waals surface area (Å²) in [6.45, 7) is 8.73. The molecule has 18 heavy (non-hydrogen) atoms. The summed E-state index contributed by atoms with van der Waals surface area (Å²) in [4.78, 5) is 25.0. The third-order valence-electron chi connectivity index (χ3n) is 3.11. The van der Waals surface area contributed by atoms with Gasteiger partial charge in [0.25, 0.3) is 0 Å². The number of likely N-dealkylation sites (N-methyl/N-ethyl adjacent to an activating group) is 1. The number of amides is 2. The highest BCUT2D eigenvalue weighted by Gasteiger charge is 2.25. The third-order valence-corrected chi connectivity index (χ3v) is 3.11. The molecule has 1 saturated heterocycles. The van der Waals surface area contributed by atoms with Gasteiger partial charge in [-0.15, -0.1) is 0 Å². The minimum absolute atomic E-state index is 0.0154. The van der Waals surface area contributed by atoms with E-state index < -0.39 is 0 Å². The molecular weight excluding hydrogens is 230 g/mol. The van der Waals surface area contributed by atoms with Crippen LogP contribution in [0.1, 0.15) is 40.5 Å². The molecule has 0 aromatic carbocycles. The number of carbonyl (C=O) groups is 2. The second-order valence-electron chi connectivity index (χ2n) is 4.31. The Kier molecular flexibility index (Phi) is 8.37. The molecule has 2 amide bonds. The van der Waals surface area contributed by atoms with Crippen LogP contribution >= 0.6 is 0 Å². The molecule has 1 heterocycles. The van der Waals surface area contributed by atoms with Crippen molar-refractivity contribution in [3.05, 3.63) is 0 Å². The van der Waals surface area contributed by atoms with E-state index in [1.807, 2.05) is 25.7 Å². The van der Waals surface area contributed by atoms with Crippen molar-refractivity contribution in [3.63, 3.8) is 0 Å². The molecule has 0 spiro atoms. The average Bonchev–Trinajstić information content (AvgIpc) is 2.83. The summed E-state index contributed by atoms with van der Waals surface area (Å²) in [7, 11) is 1.72. The van der Waals surface area contributed by atoms with Gasteiger partial charge < -0.3 is 15.5 Å². The molecule has 2 N–H and O–H groups in total. The maximum Gasteiger partial charge on any atom is 0.242 e. The Morgan fingerprint density at radius 2 is 2.00 bits per heavy atom. The van der Waals surface area contributed by atoms with Gasteiger partial charge in [-0.1, -0.05) is 13.8 Å². The van der Waals surface area contributed by atoms with Crippen LogP contribution < -0.4 is 10.6 Å². The summed E-state index contributed by atoms with van der Waals surface area (Å²) >= 11 is 0. The molecule has 5 heteroatoms.